The lowest BCUT2D eigenvalue weighted by atomic mass is 10.3. The van der Waals surface area contributed by atoms with E-state index >= 15 is 0 Å². The van der Waals surface area contributed by atoms with Crippen LogP contribution in [-0.2, 0) is 0 Å². The van der Waals surface area contributed by atoms with E-state index in [2.05, 4.69) is 41.7 Å². The summed E-state index contributed by atoms with van der Waals surface area (Å²) in [7, 11) is 0.00845. The fourth-order valence-electron chi connectivity index (χ4n) is 1.21. The minimum absolute atomic E-state index is 0.00845. The van der Waals surface area contributed by atoms with E-state index in [1.807, 2.05) is 6.20 Å². The molecule has 1 aromatic carbocycles. The normalized spacial score (nSPS) is 11.2. The Kier molecular flexibility index (Phi) is 1.86. The third-order valence-corrected chi connectivity index (χ3v) is 3.25. The Hall–Kier alpha value is -0.880. The maximum atomic E-state index is 3.98. The molecule has 62 valence electrons. The third kappa shape index (κ3) is 1.23. The first-order chi connectivity index (χ1) is 5.77. The Bertz CT molecular complexity index is 392. The van der Waals surface area contributed by atoms with Crippen LogP contribution in [-0.4, -0.2) is 23.5 Å². The summed E-state index contributed by atoms with van der Waals surface area (Å²) >= 11 is 0. The fraction of sp³-hybridized carbons (Fsp3) is 0.222. The van der Waals surface area contributed by atoms with Crippen LogP contribution in [0.5, 0.6) is 0 Å². The zero-order valence-electron chi connectivity index (χ0n) is 7.20. The minimum atomic E-state index is 0.00845. The van der Waals surface area contributed by atoms with Crippen molar-refractivity contribution < 1.29 is 0 Å². The van der Waals surface area contributed by atoms with Gasteiger partial charge in [-0.1, -0.05) is 14.0 Å². The van der Waals surface area contributed by atoms with Crippen molar-refractivity contribution in [2.24, 2.45) is 0 Å². The van der Waals surface area contributed by atoms with Crippen molar-refractivity contribution in [1.82, 2.24) is 10.2 Å². The minimum Gasteiger partial charge on any atom is -0.278 e. The number of hydrogen-bond donors (Lipinski definition) is 1. The van der Waals surface area contributed by atoms with Gasteiger partial charge in [0, 0.05) is 5.39 Å². The van der Waals surface area contributed by atoms with Crippen LogP contribution < -0.4 is 5.30 Å². The molecule has 1 heterocycles. The van der Waals surface area contributed by atoms with Crippen molar-refractivity contribution in [2.75, 3.05) is 13.3 Å². The summed E-state index contributed by atoms with van der Waals surface area (Å²) in [6, 6.07) is 6.48. The molecule has 2 aromatic rings. The molecule has 0 atom stereocenters. The molecule has 0 aliphatic rings. The molecule has 0 saturated carbocycles. The van der Waals surface area contributed by atoms with Crippen molar-refractivity contribution in [3.8, 4) is 0 Å². The molecule has 0 aliphatic carbocycles. The van der Waals surface area contributed by atoms with Crippen LogP contribution in [0.25, 0.3) is 10.9 Å². The number of nitrogens with zero attached hydrogens (tertiary/aromatic N) is 1. The molecule has 0 saturated heterocycles. The second kappa shape index (κ2) is 2.87. The van der Waals surface area contributed by atoms with Crippen molar-refractivity contribution in [3.63, 3.8) is 0 Å². The summed E-state index contributed by atoms with van der Waals surface area (Å²) in [6.07, 6.45) is 1.87. The van der Waals surface area contributed by atoms with E-state index < -0.39 is 0 Å². The number of aromatic amines is 1. The van der Waals surface area contributed by atoms with Crippen LogP contribution in [0.4, 0.5) is 0 Å². The molecule has 0 bridgehead atoms. The molecule has 0 radical (unpaired) electrons. The first-order valence-electron chi connectivity index (χ1n) is 3.88. The van der Waals surface area contributed by atoms with E-state index in [0.29, 0.717) is 0 Å². The Morgan fingerprint density at radius 2 is 2.17 bits per heavy atom. The second-order valence-electron chi connectivity index (χ2n) is 3.04. The molecule has 12 heavy (non-hydrogen) atoms. The lowest BCUT2D eigenvalue weighted by Gasteiger charge is -2.04. The van der Waals surface area contributed by atoms with Crippen LogP contribution in [0.3, 0.4) is 0 Å². The van der Waals surface area contributed by atoms with Gasteiger partial charge >= 0.3 is 0 Å². The second-order valence-corrected chi connectivity index (χ2v) is 5.34. The van der Waals surface area contributed by atoms with Gasteiger partial charge < -0.3 is 0 Å². The van der Waals surface area contributed by atoms with Crippen LogP contribution in [0.2, 0.25) is 0 Å². The Labute approximate surface area is 72.7 Å². The molecule has 0 spiro atoms. The van der Waals surface area contributed by atoms with Crippen LogP contribution >= 0.6 is 7.92 Å². The summed E-state index contributed by atoms with van der Waals surface area (Å²) in [5.74, 6) is 0. The highest BCUT2D eigenvalue weighted by atomic mass is 31.1. The summed E-state index contributed by atoms with van der Waals surface area (Å²) in [5.41, 5.74) is 1.12. The number of H-pyrrole nitrogens is 1. The number of nitrogens with one attached hydrogen (secondary N) is 1. The maximum absolute atomic E-state index is 3.98. The Morgan fingerprint density at radius 1 is 1.33 bits per heavy atom. The predicted molar refractivity (Wildman–Crippen MR) is 54.5 cm³/mol. The van der Waals surface area contributed by atoms with Gasteiger partial charge in [0.15, 0.2) is 0 Å². The topological polar surface area (TPSA) is 28.7 Å². The smallest absolute Gasteiger partial charge is 0.0650 e. The number of rotatable bonds is 1. The Morgan fingerprint density at radius 3 is 2.92 bits per heavy atom. The van der Waals surface area contributed by atoms with Gasteiger partial charge in [-0.25, -0.2) is 0 Å². The standard InChI is InChI=1S/C9H11N2P/c1-12(2)8-3-4-9-7(5-8)6-10-11-9/h3-6H,1-2H3,(H,10,11). The van der Waals surface area contributed by atoms with Gasteiger partial charge in [-0.15, -0.1) is 0 Å². The van der Waals surface area contributed by atoms with Gasteiger partial charge in [0.2, 0.25) is 0 Å². The van der Waals surface area contributed by atoms with Crippen molar-refractivity contribution in [2.45, 2.75) is 0 Å². The van der Waals surface area contributed by atoms with Crippen LogP contribution in [0, 0.1) is 0 Å². The molecular weight excluding hydrogens is 167 g/mol. The van der Waals surface area contributed by atoms with Gasteiger partial charge in [0.05, 0.1) is 11.7 Å². The summed E-state index contributed by atoms with van der Waals surface area (Å²) < 4.78 is 0. The number of aromatic nitrogens is 2. The van der Waals surface area contributed by atoms with E-state index in [9.17, 15) is 0 Å². The molecule has 0 fully saturated rings. The average molecular weight is 178 g/mol. The summed E-state index contributed by atoms with van der Waals surface area (Å²) in [6.45, 7) is 4.52. The Balaban J connectivity index is 2.60. The first-order valence-corrected chi connectivity index (χ1v) is 6.11. The van der Waals surface area contributed by atoms with Gasteiger partial charge in [0.25, 0.3) is 0 Å². The largest absolute Gasteiger partial charge is 0.278 e. The number of fused-ring (bicyclic) bond motifs is 1. The molecule has 0 unspecified atom stereocenters. The fourth-order valence-corrected chi connectivity index (χ4v) is 1.98. The van der Waals surface area contributed by atoms with Gasteiger partial charge in [-0.3, -0.25) is 5.10 Å². The molecule has 1 aromatic heterocycles. The van der Waals surface area contributed by atoms with E-state index in [1.54, 1.807) is 0 Å². The lowest BCUT2D eigenvalue weighted by molar-refractivity contribution is 1.12. The molecule has 2 rings (SSSR count). The molecule has 0 aliphatic heterocycles. The average Bonchev–Trinajstić information content (AvgIpc) is 2.49. The van der Waals surface area contributed by atoms with E-state index in [0.717, 1.165) is 5.52 Å². The predicted octanol–water partition coefficient (Wildman–Crippen LogP) is 1.93. The van der Waals surface area contributed by atoms with Gasteiger partial charge in [0.1, 0.15) is 0 Å². The molecule has 0 amide bonds. The van der Waals surface area contributed by atoms with E-state index in [1.165, 1.54) is 10.7 Å². The highest BCUT2D eigenvalue weighted by Crippen LogP contribution is 2.24. The van der Waals surface area contributed by atoms with Crippen molar-refractivity contribution >= 4 is 24.1 Å². The van der Waals surface area contributed by atoms with Crippen molar-refractivity contribution in [1.29, 1.82) is 0 Å². The number of hydrogen-bond acceptors (Lipinski definition) is 1. The van der Waals surface area contributed by atoms with Crippen LogP contribution in [0.1, 0.15) is 0 Å². The molecule has 1 N–H and O–H groups in total. The van der Waals surface area contributed by atoms with Crippen LogP contribution in [0.15, 0.2) is 24.4 Å². The SMILES string of the molecule is CP(C)c1ccc2[nH]ncc2c1. The van der Waals surface area contributed by atoms with Gasteiger partial charge in [-0.05, 0) is 30.8 Å². The maximum Gasteiger partial charge on any atom is 0.0650 e. The monoisotopic (exact) mass is 178 g/mol. The zero-order valence-corrected chi connectivity index (χ0v) is 8.10. The lowest BCUT2D eigenvalue weighted by Crippen LogP contribution is -1.96. The quantitative estimate of drug-likeness (QED) is 0.664. The highest BCUT2D eigenvalue weighted by molar-refractivity contribution is 7.64. The third-order valence-electron chi connectivity index (χ3n) is 1.94. The van der Waals surface area contributed by atoms with E-state index in [4.69, 9.17) is 0 Å². The summed E-state index contributed by atoms with van der Waals surface area (Å²) in [4.78, 5) is 0. The summed E-state index contributed by atoms with van der Waals surface area (Å²) in [5, 5.41) is 9.57. The van der Waals surface area contributed by atoms with Gasteiger partial charge in [-0.2, -0.15) is 5.10 Å². The molecule has 2 nitrogen and oxygen atoms in total. The first kappa shape index (κ1) is 7.75. The van der Waals surface area contributed by atoms with E-state index in [-0.39, 0.29) is 7.92 Å². The van der Waals surface area contributed by atoms with Crippen molar-refractivity contribution in [3.05, 3.63) is 24.4 Å². The molecular formula is C9H11N2P. The molecule has 3 heteroatoms. The number of benzene rings is 1. The highest BCUT2D eigenvalue weighted by Gasteiger charge is 2.00. The zero-order chi connectivity index (χ0) is 8.55.